The average Bonchev–Trinajstić information content (AvgIpc) is 2.73. The standard InChI is InChI=1S/C28H37Cl2N/c1-22(2)31(21-15-23-10-4-3-5-11-23)20-7-12-24-25(27(29)16-8-17-27)13-6-14-26(24)28(30)18-9-19-28/h3-6,10-11,13-14,22H,7-9,12,15-21H2,1-2H3. The van der Waals surface area contributed by atoms with Crippen molar-refractivity contribution in [3.05, 3.63) is 70.8 Å². The van der Waals surface area contributed by atoms with E-state index in [-0.39, 0.29) is 9.75 Å². The van der Waals surface area contributed by atoms with Crippen molar-refractivity contribution in [1.82, 2.24) is 4.90 Å². The van der Waals surface area contributed by atoms with Crippen molar-refractivity contribution < 1.29 is 0 Å². The molecule has 0 heterocycles. The predicted octanol–water partition coefficient (Wildman–Crippen LogP) is 7.81. The third-order valence-corrected chi connectivity index (χ3v) is 8.73. The topological polar surface area (TPSA) is 3.24 Å². The first kappa shape index (κ1) is 23.1. The molecule has 0 spiro atoms. The molecule has 1 nitrogen and oxygen atoms in total. The molecule has 4 rings (SSSR count). The molecule has 31 heavy (non-hydrogen) atoms. The summed E-state index contributed by atoms with van der Waals surface area (Å²) in [5.41, 5.74) is 5.61. The van der Waals surface area contributed by atoms with Crippen molar-refractivity contribution in [3.8, 4) is 0 Å². The molecule has 2 aliphatic rings. The highest BCUT2D eigenvalue weighted by Crippen LogP contribution is 2.53. The highest BCUT2D eigenvalue weighted by Gasteiger charge is 2.42. The molecule has 3 heteroatoms. The summed E-state index contributed by atoms with van der Waals surface area (Å²) in [7, 11) is 0. The number of alkyl halides is 2. The Bertz CT molecular complexity index is 814. The van der Waals surface area contributed by atoms with Crippen LogP contribution in [-0.4, -0.2) is 24.0 Å². The van der Waals surface area contributed by atoms with Crippen molar-refractivity contribution in [2.75, 3.05) is 13.1 Å². The fraction of sp³-hybridized carbons (Fsp3) is 0.571. The van der Waals surface area contributed by atoms with Crippen molar-refractivity contribution in [2.24, 2.45) is 0 Å². The lowest BCUT2D eigenvalue weighted by atomic mass is 9.71. The van der Waals surface area contributed by atoms with Crippen molar-refractivity contribution in [2.45, 2.75) is 87.4 Å². The van der Waals surface area contributed by atoms with E-state index in [2.05, 4.69) is 67.3 Å². The van der Waals surface area contributed by atoms with E-state index in [0.717, 1.165) is 58.0 Å². The molecule has 2 saturated carbocycles. The quantitative estimate of drug-likeness (QED) is 0.328. The van der Waals surface area contributed by atoms with E-state index in [9.17, 15) is 0 Å². The molecular formula is C28H37Cl2N. The molecule has 2 fully saturated rings. The molecule has 0 aromatic heterocycles. The van der Waals surface area contributed by atoms with Gasteiger partial charge in [-0.1, -0.05) is 48.5 Å². The van der Waals surface area contributed by atoms with Gasteiger partial charge in [0.1, 0.15) is 0 Å². The van der Waals surface area contributed by atoms with Gasteiger partial charge in [0.05, 0.1) is 9.75 Å². The van der Waals surface area contributed by atoms with E-state index < -0.39 is 0 Å². The fourth-order valence-electron chi connectivity index (χ4n) is 5.21. The number of halogens is 2. The van der Waals surface area contributed by atoms with Crippen LogP contribution in [0.2, 0.25) is 0 Å². The second kappa shape index (κ2) is 9.86. The van der Waals surface area contributed by atoms with Gasteiger partial charge in [-0.2, -0.15) is 0 Å². The summed E-state index contributed by atoms with van der Waals surface area (Å²) in [6.45, 7) is 6.85. The Morgan fingerprint density at radius 3 is 1.84 bits per heavy atom. The largest absolute Gasteiger partial charge is 0.301 e. The van der Waals surface area contributed by atoms with Crippen LogP contribution in [0.15, 0.2) is 48.5 Å². The van der Waals surface area contributed by atoms with Crippen LogP contribution in [0.1, 0.15) is 81.0 Å². The zero-order valence-corrected chi connectivity index (χ0v) is 20.7. The highest BCUT2D eigenvalue weighted by molar-refractivity contribution is 6.25. The number of benzene rings is 2. The maximum absolute atomic E-state index is 7.08. The Morgan fingerprint density at radius 2 is 1.35 bits per heavy atom. The Hall–Kier alpha value is -1.02. The Kier molecular flexibility index (Phi) is 7.36. The van der Waals surface area contributed by atoms with Crippen molar-refractivity contribution in [1.29, 1.82) is 0 Å². The van der Waals surface area contributed by atoms with Crippen LogP contribution in [0.25, 0.3) is 0 Å². The van der Waals surface area contributed by atoms with Crippen LogP contribution in [0, 0.1) is 0 Å². The molecular weight excluding hydrogens is 421 g/mol. The lowest BCUT2D eigenvalue weighted by Crippen LogP contribution is -2.35. The summed E-state index contributed by atoms with van der Waals surface area (Å²) in [5.74, 6) is 0. The van der Waals surface area contributed by atoms with Crippen LogP contribution in [0.3, 0.4) is 0 Å². The molecule has 0 N–H and O–H groups in total. The molecule has 0 amide bonds. The minimum atomic E-state index is -0.159. The zero-order valence-electron chi connectivity index (χ0n) is 19.2. The third-order valence-electron chi connectivity index (χ3n) is 7.57. The maximum atomic E-state index is 7.08. The average molecular weight is 459 g/mol. The van der Waals surface area contributed by atoms with E-state index in [4.69, 9.17) is 23.2 Å². The van der Waals surface area contributed by atoms with Crippen LogP contribution >= 0.6 is 23.2 Å². The first-order valence-corrected chi connectivity index (χ1v) is 13.0. The van der Waals surface area contributed by atoms with Crippen molar-refractivity contribution >= 4 is 23.2 Å². The van der Waals surface area contributed by atoms with Gasteiger partial charge < -0.3 is 4.90 Å². The van der Waals surface area contributed by atoms with E-state index >= 15 is 0 Å². The second-order valence-electron chi connectivity index (χ2n) is 9.94. The lowest BCUT2D eigenvalue weighted by Gasteiger charge is -2.42. The van der Waals surface area contributed by atoms with E-state index in [1.807, 2.05) is 0 Å². The van der Waals surface area contributed by atoms with Gasteiger partial charge >= 0.3 is 0 Å². The molecule has 0 atom stereocenters. The summed E-state index contributed by atoms with van der Waals surface area (Å²) >= 11 is 14.2. The number of nitrogens with zero attached hydrogens (tertiary/aromatic N) is 1. The number of hydrogen-bond donors (Lipinski definition) is 0. The molecule has 168 valence electrons. The fourth-order valence-corrected chi connectivity index (χ4v) is 6.10. The summed E-state index contributed by atoms with van der Waals surface area (Å²) in [6, 6.07) is 18.1. The Morgan fingerprint density at radius 1 is 0.774 bits per heavy atom. The van der Waals surface area contributed by atoms with Crippen LogP contribution in [-0.2, 0) is 22.6 Å². The lowest BCUT2D eigenvalue weighted by molar-refractivity contribution is 0.221. The first-order chi connectivity index (χ1) is 14.9. The molecule has 0 radical (unpaired) electrons. The van der Waals surface area contributed by atoms with E-state index in [0.29, 0.717) is 6.04 Å². The molecule has 2 aromatic rings. The summed E-state index contributed by atoms with van der Waals surface area (Å²) < 4.78 is 0. The van der Waals surface area contributed by atoms with Gasteiger partial charge in [0.2, 0.25) is 0 Å². The third kappa shape index (κ3) is 5.15. The zero-order chi connectivity index (χ0) is 21.9. The van der Waals surface area contributed by atoms with Crippen LogP contribution in [0.4, 0.5) is 0 Å². The van der Waals surface area contributed by atoms with Gasteiger partial charge in [0, 0.05) is 12.6 Å². The van der Waals surface area contributed by atoms with Gasteiger partial charge in [0.25, 0.3) is 0 Å². The highest BCUT2D eigenvalue weighted by atomic mass is 35.5. The second-order valence-corrected chi connectivity index (χ2v) is 11.4. The predicted molar refractivity (Wildman–Crippen MR) is 134 cm³/mol. The van der Waals surface area contributed by atoms with Gasteiger partial charge in [-0.05, 0) is 100 Å². The Labute approximate surface area is 199 Å². The smallest absolute Gasteiger partial charge is 0.0697 e. The molecule has 0 aliphatic heterocycles. The van der Waals surface area contributed by atoms with E-state index in [1.165, 1.54) is 35.1 Å². The molecule has 0 bridgehead atoms. The van der Waals surface area contributed by atoms with Gasteiger partial charge in [0.15, 0.2) is 0 Å². The minimum Gasteiger partial charge on any atom is -0.301 e. The monoisotopic (exact) mass is 457 g/mol. The van der Waals surface area contributed by atoms with Crippen molar-refractivity contribution in [3.63, 3.8) is 0 Å². The van der Waals surface area contributed by atoms with E-state index in [1.54, 1.807) is 0 Å². The molecule has 0 saturated heterocycles. The normalized spacial score (nSPS) is 19.3. The molecule has 2 aromatic carbocycles. The van der Waals surface area contributed by atoms with Gasteiger partial charge in [-0.15, -0.1) is 23.2 Å². The Balaban J connectivity index is 1.46. The first-order valence-electron chi connectivity index (χ1n) is 12.2. The maximum Gasteiger partial charge on any atom is 0.0697 e. The van der Waals surface area contributed by atoms with Gasteiger partial charge in [-0.25, -0.2) is 0 Å². The van der Waals surface area contributed by atoms with Gasteiger partial charge in [-0.3, -0.25) is 0 Å². The summed E-state index contributed by atoms with van der Waals surface area (Å²) in [5, 5.41) is 0. The minimum absolute atomic E-state index is 0.159. The molecule has 2 aliphatic carbocycles. The summed E-state index contributed by atoms with van der Waals surface area (Å²) in [6.07, 6.45) is 10.2. The number of rotatable bonds is 10. The van der Waals surface area contributed by atoms with Crippen LogP contribution < -0.4 is 0 Å². The number of hydrogen-bond acceptors (Lipinski definition) is 1. The van der Waals surface area contributed by atoms with Crippen LogP contribution in [0.5, 0.6) is 0 Å². The SMILES string of the molecule is CC(C)N(CCCc1c(C2(Cl)CCC2)cccc1C1(Cl)CCC1)CCc1ccccc1. The summed E-state index contributed by atoms with van der Waals surface area (Å²) in [4.78, 5) is 2.30. The molecule has 0 unspecified atom stereocenters.